The van der Waals surface area contributed by atoms with E-state index in [4.69, 9.17) is 0 Å². The van der Waals surface area contributed by atoms with E-state index in [2.05, 4.69) is 50.8 Å². The van der Waals surface area contributed by atoms with Gasteiger partial charge in [-0.3, -0.25) is 5.10 Å². The monoisotopic (exact) mass is 244 g/mol. The van der Waals surface area contributed by atoms with E-state index in [0.29, 0.717) is 0 Å². The van der Waals surface area contributed by atoms with Gasteiger partial charge in [-0.25, -0.2) is 4.98 Å². The van der Waals surface area contributed by atoms with E-state index in [9.17, 15) is 0 Å². The van der Waals surface area contributed by atoms with Crippen molar-refractivity contribution in [1.29, 1.82) is 0 Å². The fourth-order valence-electron chi connectivity index (χ4n) is 1.92. The molecule has 0 amide bonds. The molecule has 18 heavy (non-hydrogen) atoms. The molecule has 0 aliphatic heterocycles. The van der Waals surface area contributed by atoms with Gasteiger partial charge >= 0.3 is 0 Å². The molecule has 4 heteroatoms. The van der Waals surface area contributed by atoms with Gasteiger partial charge in [-0.15, -0.1) is 0 Å². The van der Waals surface area contributed by atoms with Crippen molar-refractivity contribution in [3.05, 3.63) is 48.0 Å². The first-order valence-electron chi connectivity index (χ1n) is 6.54. The van der Waals surface area contributed by atoms with E-state index < -0.39 is 0 Å². The van der Waals surface area contributed by atoms with Gasteiger partial charge in [0.05, 0.1) is 0 Å². The van der Waals surface area contributed by atoms with Gasteiger partial charge in [-0.2, -0.15) is 5.10 Å². The molecule has 2 rings (SSSR count). The first-order valence-corrected chi connectivity index (χ1v) is 6.54. The fourth-order valence-corrected chi connectivity index (χ4v) is 1.92. The van der Waals surface area contributed by atoms with Gasteiger partial charge in [0.1, 0.15) is 12.2 Å². The Morgan fingerprint density at radius 1 is 1.00 bits per heavy atom. The molecule has 0 fully saturated rings. The zero-order valence-corrected chi connectivity index (χ0v) is 10.6. The predicted molar refractivity (Wildman–Crippen MR) is 72.3 cm³/mol. The molecule has 1 aromatic carbocycles. The average Bonchev–Trinajstić information content (AvgIpc) is 2.92. The summed E-state index contributed by atoms with van der Waals surface area (Å²) >= 11 is 0. The highest BCUT2D eigenvalue weighted by atomic mass is 15.2. The van der Waals surface area contributed by atoms with Crippen LogP contribution in [0.5, 0.6) is 0 Å². The van der Waals surface area contributed by atoms with Gasteiger partial charge < -0.3 is 5.32 Å². The summed E-state index contributed by atoms with van der Waals surface area (Å²) in [6, 6.07) is 10.6. The standard InChI is InChI=1S/C14H20N4/c1-2-6-13(7-3-1)8-4-10-15-11-5-9-14-16-12-17-18-14/h1-3,6-7,12,15H,4-5,8-11H2,(H,16,17,18). The van der Waals surface area contributed by atoms with Crippen LogP contribution in [0.2, 0.25) is 0 Å². The van der Waals surface area contributed by atoms with Crippen molar-refractivity contribution in [2.75, 3.05) is 13.1 Å². The minimum Gasteiger partial charge on any atom is -0.317 e. The molecular weight excluding hydrogens is 224 g/mol. The number of aryl methyl sites for hydroxylation is 2. The van der Waals surface area contributed by atoms with Crippen LogP contribution in [-0.4, -0.2) is 28.3 Å². The number of aromatic amines is 1. The topological polar surface area (TPSA) is 53.6 Å². The summed E-state index contributed by atoms with van der Waals surface area (Å²) in [5.74, 6) is 0.973. The zero-order valence-electron chi connectivity index (χ0n) is 10.6. The summed E-state index contributed by atoms with van der Waals surface area (Å²) in [5, 5.41) is 10.2. The largest absolute Gasteiger partial charge is 0.317 e. The molecule has 0 atom stereocenters. The second kappa shape index (κ2) is 7.61. The average molecular weight is 244 g/mol. The molecule has 0 bridgehead atoms. The minimum atomic E-state index is 0.964. The summed E-state index contributed by atoms with van der Waals surface area (Å²) in [4.78, 5) is 4.10. The van der Waals surface area contributed by atoms with Gasteiger partial charge in [-0.1, -0.05) is 30.3 Å². The Bertz CT molecular complexity index is 411. The zero-order chi connectivity index (χ0) is 12.5. The van der Waals surface area contributed by atoms with Crippen LogP contribution in [0.25, 0.3) is 0 Å². The molecule has 0 saturated carbocycles. The van der Waals surface area contributed by atoms with E-state index in [1.165, 1.54) is 12.0 Å². The fraction of sp³-hybridized carbons (Fsp3) is 0.429. The highest BCUT2D eigenvalue weighted by molar-refractivity contribution is 5.14. The van der Waals surface area contributed by atoms with Crippen molar-refractivity contribution < 1.29 is 0 Å². The summed E-state index contributed by atoms with van der Waals surface area (Å²) in [6.45, 7) is 2.11. The molecule has 2 N–H and O–H groups in total. The predicted octanol–water partition coefficient (Wildman–Crippen LogP) is 1.96. The molecule has 0 aliphatic rings. The van der Waals surface area contributed by atoms with Gasteiger partial charge in [0.15, 0.2) is 0 Å². The lowest BCUT2D eigenvalue weighted by Crippen LogP contribution is -2.17. The first kappa shape index (κ1) is 12.8. The third-order valence-electron chi connectivity index (χ3n) is 2.89. The van der Waals surface area contributed by atoms with Crippen molar-refractivity contribution in [2.45, 2.75) is 25.7 Å². The van der Waals surface area contributed by atoms with E-state index in [1.54, 1.807) is 6.33 Å². The Morgan fingerprint density at radius 3 is 2.50 bits per heavy atom. The molecule has 2 aromatic rings. The molecule has 0 saturated heterocycles. The lowest BCUT2D eigenvalue weighted by molar-refractivity contribution is 0.616. The van der Waals surface area contributed by atoms with Crippen LogP contribution in [-0.2, 0) is 12.8 Å². The number of nitrogens with zero attached hydrogens (tertiary/aromatic N) is 2. The second-order valence-electron chi connectivity index (χ2n) is 4.37. The lowest BCUT2D eigenvalue weighted by Gasteiger charge is -2.04. The normalized spacial score (nSPS) is 10.7. The van der Waals surface area contributed by atoms with Gasteiger partial charge in [0, 0.05) is 6.42 Å². The second-order valence-corrected chi connectivity index (χ2v) is 4.37. The van der Waals surface area contributed by atoms with Crippen LogP contribution in [0.4, 0.5) is 0 Å². The summed E-state index contributed by atoms with van der Waals surface area (Å²) < 4.78 is 0. The molecule has 1 aromatic heterocycles. The third-order valence-corrected chi connectivity index (χ3v) is 2.89. The van der Waals surface area contributed by atoms with Crippen LogP contribution in [0.1, 0.15) is 24.2 Å². The third kappa shape index (κ3) is 4.67. The van der Waals surface area contributed by atoms with E-state index in [1.807, 2.05) is 0 Å². The Hall–Kier alpha value is -1.68. The van der Waals surface area contributed by atoms with Crippen LogP contribution < -0.4 is 5.32 Å². The van der Waals surface area contributed by atoms with E-state index in [-0.39, 0.29) is 0 Å². The molecule has 4 nitrogen and oxygen atoms in total. The van der Waals surface area contributed by atoms with E-state index >= 15 is 0 Å². The highest BCUT2D eigenvalue weighted by Gasteiger charge is 1.95. The number of rotatable bonds is 8. The number of H-pyrrole nitrogens is 1. The minimum absolute atomic E-state index is 0.964. The van der Waals surface area contributed by atoms with E-state index in [0.717, 1.165) is 38.2 Å². The van der Waals surface area contributed by atoms with Crippen LogP contribution >= 0.6 is 0 Å². The number of hydrogen-bond acceptors (Lipinski definition) is 3. The highest BCUT2D eigenvalue weighted by Crippen LogP contribution is 2.01. The Labute approximate surface area is 108 Å². The summed E-state index contributed by atoms with van der Waals surface area (Å²) in [7, 11) is 0. The van der Waals surface area contributed by atoms with Crippen molar-refractivity contribution in [3.8, 4) is 0 Å². The molecular formula is C14H20N4. The molecule has 1 heterocycles. The number of hydrogen-bond donors (Lipinski definition) is 2. The molecule has 0 aliphatic carbocycles. The molecule has 0 spiro atoms. The van der Waals surface area contributed by atoms with Crippen molar-refractivity contribution in [3.63, 3.8) is 0 Å². The maximum absolute atomic E-state index is 4.10. The number of aromatic nitrogens is 3. The van der Waals surface area contributed by atoms with Crippen LogP contribution in [0.3, 0.4) is 0 Å². The molecule has 0 unspecified atom stereocenters. The number of benzene rings is 1. The van der Waals surface area contributed by atoms with Crippen LogP contribution in [0, 0.1) is 0 Å². The van der Waals surface area contributed by atoms with Gasteiger partial charge in [0.25, 0.3) is 0 Å². The van der Waals surface area contributed by atoms with Crippen molar-refractivity contribution in [1.82, 2.24) is 20.5 Å². The van der Waals surface area contributed by atoms with Crippen molar-refractivity contribution >= 4 is 0 Å². The Morgan fingerprint density at radius 2 is 1.78 bits per heavy atom. The molecule has 96 valence electrons. The smallest absolute Gasteiger partial charge is 0.137 e. The van der Waals surface area contributed by atoms with Gasteiger partial charge in [-0.05, 0) is 37.9 Å². The maximum Gasteiger partial charge on any atom is 0.137 e. The van der Waals surface area contributed by atoms with Crippen LogP contribution in [0.15, 0.2) is 36.7 Å². The summed E-state index contributed by atoms with van der Waals surface area (Å²) in [5.41, 5.74) is 1.42. The quantitative estimate of drug-likeness (QED) is 0.698. The van der Waals surface area contributed by atoms with Crippen molar-refractivity contribution in [2.24, 2.45) is 0 Å². The Kier molecular flexibility index (Phi) is 5.40. The number of nitrogens with one attached hydrogen (secondary N) is 2. The first-order chi connectivity index (χ1) is 8.95. The Balaban J connectivity index is 1.47. The lowest BCUT2D eigenvalue weighted by atomic mass is 10.1. The SMILES string of the molecule is c1ccc(CCCNCCCc2ncn[nH]2)cc1. The summed E-state index contributed by atoms with van der Waals surface area (Å²) in [6.07, 6.45) is 5.96. The van der Waals surface area contributed by atoms with Gasteiger partial charge in [0.2, 0.25) is 0 Å². The molecule has 0 radical (unpaired) electrons. The maximum atomic E-state index is 4.10.